The second-order valence-corrected chi connectivity index (χ2v) is 7.28. The average molecular weight is 377 g/mol. The van der Waals surface area contributed by atoms with Crippen LogP contribution >= 0.6 is 0 Å². The van der Waals surface area contributed by atoms with E-state index >= 15 is 0 Å². The molecule has 0 aliphatic carbocycles. The van der Waals surface area contributed by atoms with Gasteiger partial charge in [-0.3, -0.25) is 9.59 Å². The molecule has 0 radical (unpaired) electrons. The monoisotopic (exact) mass is 377 g/mol. The number of nitrogens with one attached hydrogen (secondary N) is 1. The number of ketones is 1. The number of carboxylic acids is 1. The maximum Gasteiger partial charge on any atom is 0.303 e. The van der Waals surface area contributed by atoms with E-state index in [1.54, 1.807) is 24.3 Å². The molecule has 0 spiro atoms. The zero-order valence-electron chi connectivity index (χ0n) is 14.1. The van der Waals surface area contributed by atoms with Crippen LogP contribution in [0.25, 0.3) is 0 Å². The molecule has 0 aromatic heterocycles. The summed E-state index contributed by atoms with van der Waals surface area (Å²) < 4.78 is 31.7. The van der Waals surface area contributed by atoms with Gasteiger partial charge >= 0.3 is 5.97 Å². The molecule has 7 nitrogen and oxygen atoms in total. The standard InChI is InChI=1S/C18H19NO6S/c1-25-15-7-9-16(10-8-15)26(23,24)19-12-17(20)14-5-2-13(3-6-14)4-11-18(21)22/h2-3,5-10,19H,4,11-12H2,1H3,(H,21,22). The fourth-order valence-electron chi connectivity index (χ4n) is 2.21. The van der Waals surface area contributed by atoms with Gasteiger partial charge in [-0.2, -0.15) is 0 Å². The number of Topliss-reactive ketones (excluding diaryl/α,β-unsaturated/α-hetero) is 1. The first-order chi connectivity index (χ1) is 12.3. The summed E-state index contributed by atoms with van der Waals surface area (Å²) in [5.74, 6) is -0.743. The smallest absolute Gasteiger partial charge is 0.303 e. The zero-order valence-corrected chi connectivity index (χ0v) is 15.0. The molecule has 0 heterocycles. The number of aliphatic carboxylic acids is 1. The Morgan fingerprint density at radius 2 is 1.65 bits per heavy atom. The fraction of sp³-hybridized carbons (Fsp3) is 0.222. The summed E-state index contributed by atoms with van der Waals surface area (Å²) in [6.07, 6.45) is 0.378. The zero-order chi connectivity index (χ0) is 19.2. The molecule has 138 valence electrons. The van der Waals surface area contributed by atoms with Crippen molar-refractivity contribution < 1.29 is 27.9 Å². The molecule has 0 aliphatic rings. The van der Waals surface area contributed by atoms with Crippen LogP contribution in [0.2, 0.25) is 0 Å². The molecule has 2 aromatic carbocycles. The maximum absolute atomic E-state index is 12.2. The van der Waals surface area contributed by atoms with Crippen LogP contribution in [0.1, 0.15) is 22.3 Å². The lowest BCUT2D eigenvalue weighted by atomic mass is 10.1. The average Bonchev–Trinajstić information content (AvgIpc) is 2.65. The normalized spacial score (nSPS) is 11.1. The number of benzene rings is 2. The van der Waals surface area contributed by atoms with Crippen molar-refractivity contribution in [2.75, 3.05) is 13.7 Å². The first kappa shape index (κ1) is 19.6. The maximum atomic E-state index is 12.2. The van der Waals surface area contributed by atoms with Crippen LogP contribution in [0.5, 0.6) is 5.75 Å². The molecule has 0 saturated heterocycles. The minimum absolute atomic E-state index is 0.00888. The number of carbonyl (C=O) groups is 2. The van der Waals surface area contributed by atoms with Crippen LogP contribution in [0.3, 0.4) is 0 Å². The Morgan fingerprint density at radius 1 is 1.04 bits per heavy atom. The molecule has 0 unspecified atom stereocenters. The van der Waals surface area contributed by atoms with Gasteiger partial charge in [-0.05, 0) is 36.2 Å². The first-order valence-corrected chi connectivity index (χ1v) is 9.28. The van der Waals surface area contributed by atoms with Crippen molar-refractivity contribution in [1.82, 2.24) is 4.72 Å². The molecule has 26 heavy (non-hydrogen) atoms. The van der Waals surface area contributed by atoms with Crippen LogP contribution in [-0.4, -0.2) is 38.9 Å². The highest BCUT2D eigenvalue weighted by atomic mass is 32.2. The highest BCUT2D eigenvalue weighted by molar-refractivity contribution is 7.89. The summed E-state index contributed by atoms with van der Waals surface area (Å²) in [4.78, 5) is 22.8. The predicted octanol–water partition coefficient (Wildman–Crippen LogP) is 1.87. The molecule has 0 atom stereocenters. The number of hydrogen-bond donors (Lipinski definition) is 2. The highest BCUT2D eigenvalue weighted by Crippen LogP contribution is 2.15. The van der Waals surface area contributed by atoms with Gasteiger partial charge in [-0.1, -0.05) is 24.3 Å². The second kappa shape index (κ2) is 8.59. The van der Waals surface area contributed by atoms with Gasteiger partial charge in [0.15, 0.2) is 5.78 Å². The van der Waals surface area contributed by atoms with Crippen molar-refractivity contribution >= 4 is 21.8 Å². The second-order valence-electron chi connectivity index (χ2n) is 5.51. The van der Waals surface area contributed by atoms with E-state index in [0.29, 0.717) is 17.7 Å². The van der Waals surface area contributed by atoms with Crippen LogP contribution < -0.4 is 9.46 Å². The van der Waals surface area contributed by atoms with Crippen LogP contribution in [-0.2, 0) is 21.2 Å². The van der Waals surface area contributed by atoms with Crippen LogP contribution in [0.4, 0.5) is 0 Å². The van der Waals surface area contributed by atoms with Gasteiger partial charge in [-0.25, -0.2) is 13.1 Å². The Bertz CT molecular complexity index is 873. The molecule has 0 amide bonds. The quantitative estimate of drug-likeness (QED) is 0.646. The van der Waals surface area contributed by atoms with Crippen LogP contribution in [0, 0.1) is 0 Å². The number of hydrogen-bond acceptors (Lipinski definition) is 5. The van der Waals surface area contributed by atoms with Crippen molar-refractivity contribution in [3.63, 3.8) is 0 Å². The molecule has 0 bridgehead atoms. The number of rotatable bonds is 9. The van der Waals surface area contributed by atoms with Crippen molar-refractivity contribution in [1.29, 1.82) is 0 Å². The summed E-state index contributed by atoms with van der Waals surface area (Å²) in [6.45, 7) is -0.372. The largest absolute Gasteiger partial charge is 0.497 e. The molecule has 2 rings (SSSR count). The molecular formula is C18H19NO6S. The van der Waals surface area contributed by atoms with Gasteiger partial charge in [0.1, 0.15) is 5.75 Å². The number of carboxylic acid groups (broad SMARTS) is 1. The van der Waals surface area contributed by atoms with Gasteiger partial charge in [0, 0.05) is 12.0 Å². The lowest BCUT2D eigenvalue weighted by molar-refractivity contribution is -0.136. The van der Waals surface area contributed by atoms with E-state index in [4.69, 9.17) is 9.84 Å². The van der Waals surface area contributed by atoms with Gasteiger partial charge in [0.05, 0.1) is 18.6 Å². The number of sulfonamides is 1. The van der Waals surface area contributed by atoms with Crippen molar-refractivity contribution in [3.8, 4) is 5.75 Å². The number of methoxy groups -OCH3 is 1. The first-order valence-electron chi connectivity index (χ1n) is 7.79. The number of carbonyl (C=O) groups excluding carboxylic acids is 1. The van der Waals surface area contributed by atoms with Gasteiger partial charge < -0.3 is 9.84 Å². The van der Waals surface area contributed by atoms with Crippen LogP contribution in [0.15, 0.2) is 53.4 Å². The van der Waals surface area contributed by atoms with E-state index in [1.165, 1.54) is 31.4 Å². The molecule has 8 heteroatoms. The summed E-state index contributed by atoms with van der Waals surface area (Å²) in [5.41, 5.74) is 1.14. The third-order valence-corrected chi connectivity index (χ3v) is 5.11. The fourth-order valence-corrected chi connectivity index (χ4v) is 3.19. The number of aryl methyl sites for hydroxylation is 1. The lowest BCUT2D eigenvalue weighted by Crippen LogP contribution is -2.29. The Morgan fingerprint density at radius 3 is 2.19 bits per heavy atom. The topological polar surface area (TPSA) is 110 Å². The van der Waals surface area contributed by atoms with E-state index < -0.39 is 16.0 Å². The third-order valence-electron chi connectivity index (χ3n) is 3.70. The SMILES string of the molecule is COc1ccc(S(=O)(=O)NCC(=O)c2ccc(CCC(=O)O)cc2)cc1. The molecule has 0 fully saturated rings. The predicted molar refractivity (Wildman–Crippen MR) is 94.9 cm³/mol. The van der Waals surface area contributed by atoms with Gasteiger partial charge in [-0.15, -0.1) is 0 Å². The van der Waals surface area contributed by atoms with E-state index in [1.807, 2.05) is 0 Å². The van der Waals surface area contributed by atoms with E-state index in [9.17, 15) is 18.0 Å². The summed E-state index contributed by atoms with van der Waals surface area (Å²) in [7, 11) is -2.33. The minimum Gasteiger partial charge on any atom is -0.497 e. The Labute approximate surface area is 151 Å². The lowest BCUT2D eigenvalue weighted by Gasteiger charge is -2.08. The third kappa shape index (κ3) is 5.40. The van der Waals surface area contributed by atoms with Crippen molar-refractivity contribution in [2.24, 2.45) is 0 Å². The molecule has 2 N–H and O–H groups in total. The molecular weight excluding hydrogens is 358 g/mol. The van der Waals surface area contributed by atoms with Crippen molar-refractivity contribution in [3.05, 3.63) is 59.7 Å². The summed E-state index contributed by atoms with van der Waals surface area (Å²) >= 11 is 0. The summed E-state index contributed by atoms with van der Waals surface area (Å²) in [6, 6.07) is 12.3. The number of ether oxygens (including phenoxy) is 1. The van der Waals surface area contributed by atoms with E-state index in [2.05, 4.69) is 4.72 Å². The Balaban J connectivity index is 1.97. The van der Waals surface area contributed by atoms with Gasteiger partial charge in [0.2, 0.25) is 10.0 Å². The van der Waals surface area contributed by atoms with Gasteiger partial charge in [0.25, 0.3) is 0 Å². The van der Waals surface area contributed by atoms with E-state index in [0.717, 1.165) is 5.56 Å². The highest BCUT2D eigenvalue weighted by Gasteiger charge is 2.16. The Kier molecular flexibility index (Phi) is 6.48. The molecule has 0 saturated carbocycles. The summed E-state index contributed by atoms with van der Waals surface area (Å²) in [5, 5.41) is 8.66. The van der Waals surface area contributed by atoms with E-state index in [-0.39, 0.29) is 23.6 Å². The Hall–Kier alpha value is -2.71. The molecule has 0 aliphatic heterocycles. The van der Waals surface area contributed by atoms with Crippen molar-refractivity contribution in [2.45, 2.75) is 17.7 Å². The minimum atomic E-state index is -3.81. The molecule has 2 aromatic rings.